The summed E-state index contributed by atoms with van der Waals surface area (Å²) in [5, 5.41) is 12.3. The first-order valence-corrected chi connectivity index (χ1v) is 8.74. The number of nitriles is 1. The summed E-state index contributed by atoms with van der Waals surface area (Å²) < 4.78 is 0. The molecular weight excluding hydrogens is 326 g/mol. The van der Waals surface area contributed by atoms with E-state index in [-0.39, 0.29) is 24.8 Å². The third kappa shape index (κ3) is 3.31. The van der Waals surface area contributed by atoms with Gasteiger partial charge in [-0.1, -0.05) is 37.3 Å². The summed E-state index contributed by atoms with van der Waals surface area (Å²) in [5.41, 5.74) is 3.93. The lowest BCUT2D eigenvalue weighted by Crippen LogP contribution is -2.29. The number of aryl methyl sites for hydroxylation is 2. The molecule has 1 saturated heterocycles. The fraction of sp³-hybridized carbons (Fsp3) is 0.286. The Hall–Kier alpha value is -3.13. The highest BCUT2D eigenvalue weighted by atomic mass is 16.2. The molecule has 5 nitrogen and oxygen atoms in total. The van der Waals surface area contributed by atoms with Gasteiger partial charge in [0, 0.05) is 18.7 Å². The standard InChI is InChI=1S/C21H21N3O2/c1-3-15-9-6-7-14(2)20(15)23-21(26)17-11-19(25)24(13-17)18-10-5-4-8-16(18)12-22/h4-10,17H,3,11,13H2,1-2H3,(H,23,26). The molecule has 2 aromatic rings. The van der Waals surface area contributed by atoms with Gasteiger partial charge in [0.1, 0.15) is 6.07 Å². The van der Waals surface area contributed by atoms with E-state index in [0.29, 0.717) is 11.3 Å². The largest absolute Gasteiger partial charge is 0.325 e. The smallest absolute Gasteiger partial charge is 0.229 e. The topological polar surface area (TPSA) is 73.2 Å². The number of hydrogen-bond donors (Lipinski definition) is 1. The number of carbonyl (C=O) groups excluding carboxylic acids is 2. The average Bonchev–Trinajstić information content (AvgIpc) is 3.05. The predicted molar refractivity (Wildman–Crippen MR) is 101 cm³/mol. The molecule has 0 radical (unpaired) electrons. The summed E-state index contributed by atoms with van der Waals surface area (Å²) >= 11 is 0. The highest BCUT2D eigenvalue weighted by Gasteiger charge is 2.36. The molecule has 1 fully saturated rings. The Morgan fingerprint density at radius 3 is 2.77 bits per heavy atom. The summed E-state index contributed by atoms with van der Waals surface area (Å²) in [7, 11) is 0. The van der Waals surface area contributed by atoms with Crippen molar-refractivity contribution in [1.82, 2.24) is 0 Å². The van der Waals surface area contributed by atoms with Crippen LogP contribution >= 0.6 is 0 Å². The summed E-state index contributed by atoms with van der Waals surface area (Å²) in [6.45, 7) is 4.30. The van der Waals surface area contributed by atoms with E-state index in [2.05, 4.69) is 11.4 Å². The van der Waals surface area contributed by atoms with Crippen LogP contribution in [0.5, 0.6) is 0 Å². The fourth-order valence-corrected chi connectivity index (χ4v) is 3.35. The molecular formula is C21H21N3O2. The molecule has 1 heterocycles. The van der Waals surface area contributed by atoms with Gasteiger partial charge in [0.05, 0.1) is 17.2 Å². The Morgan fingerprint density at radius 1 is 1.27 bits per heavy atom. The van der Waals surface area contributed by atoms with E-state index in [1.807, 2.05) is 32.0 Å². The maximum Gasteiger partial charge on any atom is 0.229 e. The molecule has 132 valence electrons. The molecule has 1 aliphatic heterocycles. The van der Waals surface area contributed by atoms with Crippen LogP contribution in [0.3, 0.4) is 0 Å². The first kappa shape index (κ1) is 17.7. The Labute approximate surface area is 153 Å². The molecule has 2 amide bonds. The van der Waals surface area contributed by atoms with Crippen molar-refractivity contribution in [1.29, 1.82) is 5.26 Å². The molecule has 3 rings (SSSR count). The van der Waals surface area contributed by atoms with E-state index < -0.39 is 5.92 Å². The van der Waals surface area contributed by atoms with Gasteiger partial charge in [0.15, 0.2) is 0 Å². The van der Waals surface area contributed by atoms with Gasteiger partial charge in [-0.15, -0.1) is 0 Å². The third-order valence-electron chi connectivity index (χ3n) is 4.80. The van der Waals surface area contributed by atoms with E-state index >= 15 is 0 Å². The Kier molecular flexibility index (Phi) is 5.04. The molecule has 0 spiro atoms. The Balaban J connectivity index is 1.79. The van der Waals surface area contributed by atoms with E-state index in [0.717, 1.165) is 23.2 Å². The SMILES string of the molecule is CCc1cccc(C)c1NC(=O)C1CC(=O)N(c2ccccc2C#N)C1. The van der Waals surface area contributed by atoms with E-state index in [4.69, 9.17) is 0 Å². The number of nitrogens with zero attached hydrogens (tertiary/aromatic N) is 2. The van der Waals surface area contributed by atoms with Gasteiger partial charge in [0.2, 0.25) is 11.8 Å². The second kappa shape index (κ2) is 7.40. The highest BCUT2D eigenvalue weighted by molar-refractivity contribution is 6.04. The van der Waals surface area contributed by atoms with Crippen LogP contribution in [0.15, 0.2) is 42.5 Å². The molecule has 0 aromatic heterocycles. The Bertz CT molecular complexity index is 898. The summed E-state index contributed by atoms with van der Waals surface area (Å²) in [4.78, 5) is 26.7. The van der Waals surface area contributed by atoms with Crippen LogP contribution in [-0.4, -0.2) is 18.4 Å². The van der Waals surface area contributed by atoms with Gasteiger partial charge >= 0.3 is 0 Å². The number of benzene rings is 2. The van der Waals surface area contributed by atoms with E-state index in [1.165, 1.54) is 0 Å². The second-order valence-corrected chi connectivity index (χ2v) is 6.49. The minimum atomic E-state index is -0.432. The summed E-state index contributed by atoms with van der Waals surface area (Å²) in [6.07, 6.45) is 0.974. The van der Waals surface area contributed by atoms with E-state index in [9.17, 15) is 14.9 Å². The normalized spacial score (nSPS) is 16.4. The van der Waals surface area contributed by atoms with Crippen LogP contribution in [0.1, 0.15) is 30.0 Å². The molecule has 0 bridgehead atoms. The molecule has 0 aliphatic carbocycles. The molecule has 1 unspecified atom stereocenters. The number of amides is 2. The molecule has 26 heavy (non-hydrogen) atoms. The zero-order valence-corrected chi connectivity index (χ0v) is 15.0. The number of hydrogen-bond acceptors (Lipinski definition) is 3. The molecule has 1 N–H and O–H groups in total. The number of anilines is 2. The van der Waals surface area contributed by atoms with E-state index in [1.54, 1.807) is 29.2 Å². The molecule has 1 aliphatic rings. The van der Waals surface area contributed by atoms with Crippen LogP contribution in [0, 0.1) is 24.2 Å². The summed E-state index contributed by atoms with van der Waals surface area (Å²) in [5.74, 6) is -0.716. The lowest BCUT2D eigenvalue weighted by atomic mass is 10.0. The molecule has 1 atom stereocenters. The van der Waals surface area contributed by atoms with Gasteiger partial charge in [-0.05, 0) is 36.6 Å². The van der Waals surface area contributed by atoms with Crippen LogP contribution in [0.2, 0.25) is 0 Å². The Morgan fingerprint density at radius 2 is 2.04 bits per heavy atom. The van der Waals surface area contributed by atoms with Crippen molar-refractivity contribution in [2.45, 2.75) is 26.7 Å². The average molecular weight is 347 g/mol. The lowest BCUT2D eigenvalue weighted by Gasteiger charge is -2.18. The van der Waals surface area contributed by atoms with Gasteiger partial charge in [-0.25, -0.2) is 0 Å². The predicted octanol–water partition coefficient (Wildman–Crippen LogP) is 3.42. The minimum Gasteiger partial charge on any atom is -0.325 e. The quantitative estimate of drug-likeness (QED) is 0.921. The second-order valence-electron chi connectivity index (χ2n) is 6.49. The number of rotatable bonds is 4. The fourth-order valence-electron chi connectivity index (χ4n) is 3.35. The van der Waals surface area contributed by atoms with Crippen molar-refractivity contribution < 1.29 is 9.59 Å². The molecule has 5 heteroatoms. The summed E-state index contributed by atoms with van der Waals surface area (Å²) in [6, 6.07) is 15.0. The minimum absolute atomic E-state index is 0.131. The maximum atomic E-state index is 12.8. The van der Waals surface area contributed by atoms with Crippen molar-refractivity contribution >= 4 is 23.2 Å². The van der Waals surface area contributed by atoms with Crippen molar-refractivity contribution in [2.75, 3.05) is 16.8 Å². The highest BCUT2D eigenvalue weighted by Crippen LogP contribution is 2.29. The van der Waals surface area contributed by atoms with Crippen molar-refractivity contribution in [2.24, 2.45) is 5.92 Å². The zero-order chi connectivity index (χ0) is 18.7. The number of carbonyl (C=O) groups is 2. The molecule has 0 saturated carbocycles. The van der Waals surface area contributed by atoms with Crippen LogP contribution in [-0.2, 0) is 16.0 Å². The first-order valence-electron chi connectivity index (χ1n) is 8.74. The van der Waals surface area contributed by atoms with Crippen molar-refractivity contribution in [3.63, 3.8) is 0 Å². The zero-order valence-electron chi connectivity index (χ0n) is 15.0. The lowest BCUT2D eigenvalue weighted by molar-refractivity contribution is -0.122. The van der Waals surface area contributed by atoms with Gasteiger partial charge in [-0.2, -0.15) is 5.26 Å². The van der Waals surface area contributed by atoms with Crippen molar-refractivity contribution in [3.05, 3.63) is 59.2 Å². The van der Waals surface area contributed by atoms with Crippen molar-refractivity contribution in [3.8, 4) is 6.07 Å². The molecule has 2 aromatic carbocycles. The van der Waals surface area contributed by atoms with Gasteiger partial charge in [-0.3, -0.25) is 9.59 Å². The third-order valence-corrected chi connectivity index (χ3v) is 4.80. The van der Waals surface area contributed by atoms with Crippen LogP contribution < -0.4 is 10.2 Å². The number of para-hydroxylation sites is 2. The van der Waals surface area contributed by atoms with Crippen LogP contribution in [0.25, 0.3) is 0 Å². The monoisotopic (exact) mass is 347 g/mol. The van der Waals surface area contributed by atoms with Gasteiger partial charge in [0.25, 0.3) is 0 Å². The first-order chi connectivity index (χ1) is 12.5. The van der Waals surface area contributed by atoms with Gasteiger partial charge < -0.3 is 10.2 Å². The van der Waals surface area contributed by atoms with Crippen LogP contribution in [0.4, 0.5) is 11.4 Å². The number of nitrogens with one attached hydrogen (secondary N) is 1. The maximum absolute atomic E-state index is 12.8.